The van der Waals surface area contributed by atoms with Gasteiger partial charge in [0.25, 0.3) is 5.91 Å². The first-order valence-corrected chi connectivity index (χ1v) is 10.3. The molecule has 31 heavy (non-hydrogen) atoms. The molecular weight excluding hydrogens is 408 g/mol. The summed E-state index contributed by atoms with van der Waals surface area (Å²) in [6.07, 6.45) is 1.68. The van der Waals surface area contributed by atoms with Crippen LogP contribution in [0.15, 0.2) is 71.3 Å². The lowest BCUT2D eigenvalue weighted by molar-refractivity contribution is 0.0977. The summed E-state index contributed by atoms with van der Waals surface area (Å²) in [5.41, 5.74) is 4.52. The van der Waals surface area contributed by atoms with Gasteiger partial charge < -0.3 is 9.73 Å². The molecule has 0 bridgehead atoms. The monoisotopic (exact) mass is 430 g/mol. The molecule has 0 saturated carbocycles. The Labute approximate surface area is 185 Å². The van der Waals surface area contributed by atoms with Crippen LogP contribution in [0.2, 0.25) is 0 Å². The summed E-state index contributed by atoms with van der Waals surface area (Å²) in [7, 11) is 0. The molecule has 0 radical (unpaired) electrons. The van der Waals surface area contributed by atoms with E-state index in [1.54, 1.807) is 12.3 Å². The van der Waals surface area contributed by atoms with Crippen molar-refractivity contribution in [3.05, 3.63) is 78.0 Å². The Morgan fingerprint density at radius 1 is 1.00 bits per heavy atom. The Balaban J connectivity index is 1.38. The zero-order valence-electron chi connectivity index (χ0n) is 17.5. The Hall–Kier alpha value is -3.58. The highest BCUT2D eigenvalue weighted by atomic mass is 32.1. The van der Waals surface area contributed by atoms with E-state index in [0.29, 0.717) is 22.7 Å². The van der Waals surface area contributed by atoms with Gasteiger partial charge in [-0.1, -0.05) is 32.9 Å². The van der Waals surface area contributed by atoms with Crippen molar-refractivity contribution in [2.24, 2.45) is 0 Å². The van der Waals surface area contributed by atoms with Crippen LogP contribution in [0.25, 0.3) is 22.7 Å². The highest BCUT2D eigenvalue weighted by molar-refractivity contribution is 7.80. The molecule has 156 valence electrons. The first-order valence-electron chi connectivity index (χ1n) is 9.84. The summed E-state index contributed by atoms with van der Waals surface area (Å²) < 4.78 is 5.73. The van der Waals surface area contributed by atoms with E-state index in [-0.39, 0.29) is 16.4 Å². The molecule has 0 atom stereocenters. The fourth-order valence-corrected chi connectivity index (χ4v) is 3.26. The van der Waals surface area contributed by atoms with Crippen molar-refractivity contribution in [1.82, 2.24) is 15.3 Å². The van der Waals surface area contributed by atoms with Gasteiger partial charge in [0.15, 0.2) is 16.3 Å². The van der Waals surface area contributed by atoms with Gasteiger partial charge in [0, 0.05) is 23.0 Å². The molecule has 0 aliphatic carbocycles. The molecule has 0 unspecified atom stereocenters. The Morgan fingerprint density at radius 2 is 1.71 bits per heavy atom. The zero-order valence-corrected chi connectivity index (χ0v) is 18.3. The summed E-state index contributed by atoms with van der Waals surface area (Å²) in [5.74, 6) is 0.239. The maximum Gasteiger partial charge on any atom is 0.257 e. The number of amides is 1. The van der Waals surface area contributed by atoms with Gasteiger partial charge in [0.05, 0.1) is 0 Å². The van der Waals surface area contributed by atoms with Crippen LogP contribution in [-0.4, -0.2) is 21.0 Å². The third-order valence-electron chi connectivity index (χ3n) is 4.79. The number of rotatable bonds is 3. The molecule has 0 saturated heterocycles. The lowest BCUT2D eigenvalue weighted by Gasteiger charge is -2.19. The SMILES string of the molecule is CC(C)(C)c1ccc(C(=O)NC(=S)Nc2ccc(-c3nc4ncccc4o3)cc2)cc1. The molecule has 1 amide bonds. The van der Waals surface area contributed by atoms with Gasteiger partial charge in [-0.2, -0.15) is 4.98 Å². The van der Waals surface area contributed by atoms with Gasteiger partial charge in [-0.15, -0.1) is 0 Å². The quantitative estimate of drug-likeness (QED) is 0.429. The van der Waals surface area contributed by atoms with Gasteiger partial charge in [0.1, 0.15) is 0 Å². The number of pyridine rings is 1. The second-order valence-corrected chi connectivity index (χ2v) is 8.57. The van der Waals surface area contributed by atoms with E-state index in [1.165, 1.54) is 5.56 Å². The maximum atomic E-state index is 12.5. The maximum absolute atomic E-state index is 12.5. The predicted octanol–water partition coefficient (Wildman–Crippen LogP) is 5.31. The predicted molar refractivity (Wildman–Crippen MR) is 126 cm³/mol. The summed E-state index contributed by atoms with van der Waals surface area (Å²) >= 11 is 5.29. The summed E-state index contributed by atoms with van der Waals surface area (Å²) in [4.78, 5) is 21.0. The van der Waals surface area contributed by atoms with Gasteiger partial charge in [-0.25, -0.2) is 4.98 Å². The first kappa shape index (κ1) is 20.7. The number of carbonyl (C=O) groups is 1. The summed E-state index contributed by atoms with van der Waals surface area (Å²) in [6.45, 7) is 6.40. The molecule has 2 N–H and O–H groups in total. The smallest absolute Gasteiger partial charge is 0.257 e. The van der Waals surface area contributed by atoms with Crippen LogP contribution in [0.3, 0.4) is 0 Å². The van der Waals surface area contributed by atoms with Crippen molar-refractivity contribution < 1.29 is 9.21 Å². The zero-order chi connectivity index (χ0) is 22.0. The molecule has 2 aromatic heterocycles. The lowest BCUT2D eigenvalue weighted by Crippen LogP contribution is -2.34. The third kappa shape index (κ3) is 4.78. The first-order chi connectivity index (χ1) is 14.8. The fraction of sp³-hybridized carbons (Fsp3) is 0.167. The number of benzene rings is 2. The van der Waals surface area contributed by atoms with Crippen molar-refractivity contribution in [2.75, 3.05) is 5.32 Å². The molecule has 0 fully saturated rings. The van der Waals surface area contributed by atoms with Crippen molar-refractivity contribution in [3.63, 3.8) is 0 Å². The van der Waals surface area contributed by atoms with Gasteiger partial charge in [-0.3, -0.25) is 10.1 Å². The summed E-state index contributed by atoms with van der Waals surface area (Å²) in [5, 5.41) is 5.95. The van der Waals surface area contributed by atoms with Gasteiger partial charge in [-0.05, 0) is 71.7 Å². The van der Waals surface area contributed by atoms with Crippen molar-refractivity contribution in [3.8, 4) is 11.5 Å². The minimum Gasteiger partial charge on any atom is -0.434 e. The van der Waals surface area contributed by atoms with Crippen LogP contribution >= 0.6 is 12.2 Å². The van der Waals surface area contributed by atoms with E-state index in [1.807, 2.05) is 54.6 Å². The fourth-order valence-electron chi connectivity index (χ4n) is 3.05. The average molecular weight is 431 g/mol. The molecule has 7 heteroatoms. The second-order valence-electron chi connectivity index (χ2n) is 8.16. The van der Waals surface area contributed by atoms with E-state index >= 15 is 0 Å². The molecule has 2 aromatic carbocycles. The van der Waals surface area contributed by atoms with Crippen molar-refractivity contribution in [2.45, 2.75) is 26.2 Å². The van der Waals surface area contributed by atoms with Crippen LogP contribution in [0.4, 0.5) is 5.69 Å². The van der Waals surface area contributed by atoms with E-state index in [0.717, 1.165) is 11.3 Å². The van der Waals surface area contributed by atoms with Crippen LogP contribution < -0.4 is 10.6 Å². The van der Waals surface area contributed by atoms with Crippen molar-refractivity contribution >= 4 is 40.2 Å². The number of hydrogen-bond acceptors (Lipinski definition) is 5. The minimum absolute atomic E-state index is 0.0342. The van der Waals surface area contributed by atoms with E-state index < -0.39 is 0 Å². The number of hydrogen-bond donors (Lipinski definition) is 2. The molecule has 4 aromatic rings. The number of anilines is 1. The normalized spacial score (nSPS) is 11.3. The van der Waals surface area contributed by atoms with E-state index in [2.05, 4.69) is 41.4 Å². The molecule has 0 aliphatic heterocycles. The molecule has 4 rings (SSSR count). The number of oxazole rings is 1. The van der Waals surface area contributed by atoms with Crippen LogP contribution in [0, 0.1) is 0 Å². The third-order valence-corrected chi connectivity index (χ3v) is 5.00. The van der Waals surface area contributed by atoms with E-state index in [9.17, 15) is 4.79 Å². The lowest BCUT2D eigenvalue weighted by atomic mass is 9.87. The number of carbonyl (C=O) groups excluding carboxylic acids is 1. The highest BCUT2D eigenvalue weighted by Gasteiger charge is 2.15. The van der Waals surface area contributed by atoms with Crippen LogP contribution in [0.1, 0.15) is 36.7 Å². The Morgan fingerprint density at radius 3 is 2.35 bits per heavy atom. The molecule has 0 aliphatic rings. The van der Waals surface area contributed by atoms with E-state index in [4.69, 9.17) is 16.6 Å². The Kier molecular flexibility index (Phi) is 5.52. The number of aromatic nitrogens is 2. The second kappa shape index (κ2) is 8.28. The number of nitrogens with zero attached hydrogens (tertiary/aromatic N) is 2. The molecule has 0 spiro atoms. The number of fused-ring (bicyclic) bond motifs is 1. The molecule has 2 heterocycles. The van der Waals surface area contributed by atoms with Crippen LogP contribution in [0.5, 0.6) is 0 Å². The number of nitrogens with one attached hydrogen (secondary N) is 2. The topological polar surface area (TPSA) is 80.0 Å². The molecular formula is C24H22N4O2S. The van der Waals surface area contributed by atoms with Gasteiger partial charge >= 0.3 is 0 Å². The minimum atomic E-state index is -0.256. The largest absolute Gasteiger partial charge is 0.434 e. The van der Waals surface area contributed by atoms with Crippen LogP contribution in [-0.2, 0) is 5.41 Å². The highest BCUT2D eigenvalue weighted by Crippen LogP contribution is 2.24. The number of thiocarbonyl (C=S) groups is 1. The van der Waals surface area contributed by atoms with Gasteiger partial charge in [0.2, 0.25) is 5.89 Å². The van der Waals surface area contributed by atoms with Crippen molar-refractivity contribution in [1.29, 1.82) is 0 Å². The Bertz CT molecular complexity index is 1210. The summed E-state index contributed by atoms with van der Waals surface area (Å²) in [6, 6.07) is 18.6. The molecule has 6 nitrogen and oxygen atoms in total. The standard InChI is InChI=1S/C24H22N4O2S/c1-24(2,3)17-10-6-15(7-11-17)21(29)28-23(31)26-18-12-8-16(9-13-18)22-27-20-19(30-22)5-4-14-25-20/h4-14H,1-3H3,(H2,26,28,29,31). The average Bonchev–Trinajstić information content (AvgIpc) is 3.18.